The molecule has 0 radical (unpaired) electrons. The van der Waals surface area contributed by atoms with E-state index in [4.69, 9.17) is 27.9 Å². The zero-order valence-electron chi connectivity index (χ0n) is 11.2. The Hall–Kier alpha value is -1.36. The van der Waals surface area contributed by atoms with Crippen LogP contribution in [0, 0.1) is 0 Å². The Kier molecular flexibility index (Phi) is 6.23. The molecule has 0 bridgehead atoms. The number of hydrogen-bond acceptors (Lipinski definition) is 3. The van der Waals surface area contributed by atoms with Crippen LogP contribution < -0.4 is 0 Å². The topological polar surface area (TPSA) is 27.1 Å². The van der Waals surface area contributed by atoms with Gasteiger partial charge in [-0.15, -0.1) is 18.3 Å². The molecule has 3 nitrogen and oxygen atoms in total. The normalized spacial score (nSPS) is 11.4. The van der Waals surface area contributed by atoms with Crippen LogP contribution in [-0.2, 0) is 4.74 Å². The lowest BCUT2D eigenvalue weighted by Crippen LogP contribution is -1.96. The van der Waals surface area contributed by atoms with Crippen molar-refractivity contribution in [2.45, 2.75) is 0 Å². The summed E-state index contributed by atoms with van der Waals surface area (Å²) in [5, 5.41) is 1.13. The van der Waals surface area contributed by atoms with Gasteiger partial charge in [-0.2, -0.15) is 0 Å². The molecule has 0 spiro atoms. The average Bonchev–Trinajstić information content (AvgIpc) is 2.95. The van der Waals surface area contributed by atoms with Crippen molar-refractivity contribution in [3.05, 3.63) is 65.2 Å². The van der Waals surface area contributed by atoms with E-state index < -0.39 is 0 Å². The summed E-state index contributed by atoms with van der Waals surface area (Å²) in [6.07, 6.45) is 8.87. The van der Waals surface area contributed by atoms with Gasteiger partial charge < -0.3 is 9.30 Å². The molecule has 1 aromatic carbocycles. The summed E-state index contributed by atoms with van der Waals surface area (Å²) in [5.41, 5.74) is 0.786. The van der Waals surface area contributed by atoms with Gasteiger partial charge in [-0.05, 0) is 18.2 Å². The van der Waals surface area contributed by atoms with Gasteiger partial charge >= 0.3 is 0 Å². The first-order chi connectivity index (χ1) is 10.2. The van der Waals surface area contributed by atoms with Gasteiger partial charge in [0.1, 0.15) is 11.7 Å². The van der Waals surface area contributed by atoms with Gasteiger partial charge in [0.25, 0.3) is 0 Å². The number of halogens is 2. The first-order valence-corrected chi connectivity index (χ1v) is 8.08. The predicted molar refractivity (Wildman–Crippen MR) is 91.5 cm³/mol. The molecule has 0 atom stereocenters. The molecule has 0 aliphatic carbocycles. The van der Waals surface area contributed by atoms with Crippen LogP contribution >= 0.6 is 35.0 Å². The average molecular weight is 341 g/mol. The third kappa shape index (κ3) is 4.84. The summed E-state index contributed by atoms with van der Waals surface area (Å²) < 4.78 is 7.63. The van der Waals surface area contributed by atoms with E-state index in [2.05, 4.69) is 11.6 Å². The molecule has 21 heavy (non-hydrogen) atoms. The Morgan fingerprint density at radius 1 is 1.43 bits per heavy atom. The van der Waals surface area contributed by atoms with Crippen molar-refractivity contribution in [1.29, 1.82) is 0 Å². The zero-order chi connectivity index (χ0) is 15.1. The second-order valence-corrected chi connectivity index (χ2v) is 5.87. The molecule has 0 N–H and O–H groups in total. The molecule has 1 heterocycles. The molecule has 110 valence electrons. The number of hydrogen-bond donors (Lipinski definition) is 0. The van der Waals surface area contributed by atoms with E-state index in [1.165, 1.54) is 0 Å². The van der Waals surface area contributed by atoms with Gasteiger partial charge in [-0.3, -0.25) is 0 Å². The lowest BCUT2D eigenvalue weighted by Gasteiger charge is -2.12. The second-order valence-electron chi connectivity index (χ2n) is 4.05. The van der Waals surface area contributed by atoms with Crippen LogP contribution in [0.25, 0.3) is 12.0 Å². The van der Waals surface area contributed by atoms with Crippen molar-refractivity contribution >= 4 is 46.9 Å². The van der Waals surface area contributed by atoms with Gasteiger partial charge in [-0.25, -0.2) is 4.98 Å². The molecular weight excluding hydrogens is 327 g/mol. The van der Waals surface area contributed by atoms with Crippen molar-refractivity contribution in [3.8, 4) is 0 Å². The van der Waals surface area contributed by atoms with E-state index in [1.54, 1.807) is 41.0 Å². The highest BCUT2D eigenvalue weighted by Gasteiger charge is 2.09. The summed E-state index contributed by atoms with van der Waals surface area (Å²) >= 11 is 13.8. The molecule has 2 rings (SSSR count). The highest BCUT2D eigenvalue weighted by atomic mass is 35.5. The molecule has 0 unspecified atom stereocenters. The van der Waals surface area contributed by atoms with Crippen LogP contribution in [0.3, 0.4) is 0 Å². The van der Waals surface area contributed by atoms with E-state index in [0.717, 1.165) is 11.3 Å². The summed E-state index contributed by atoms with van der Waals surface area (Å²) in [6, 6.07) is 5.32. The highest BCUT2D eigenvalue weighted by Crippen LogP contribution is 2.29. The van der Waals surface area contributed by atoms with Crippen LogP contribution in [0.4, 0.5) is 0 Å². The van der Waals surface area contributed by atoms with Gasteiger partial charge in [0, 0.05) is 28.7 Å². The van der Waals surface area contributed by atoms with Crippen LogP contribution in [0.5, 0.6) is 0 Å². The predicted octanol–water partition coefficient (Wildman–Crippen LogP) is 5.04. The molecule has 0 amide bonds. The van der Waals surface area contributed by atoms with Crippen molar-refractivity contribution < 1.29 is 4.74 Å². The fraction of sp³-hybridized carbons (Fsp3) is 0.133. The van der Waals surface area contributed by atoms with E-state index in [9.17, 15) is 0 Å². The van der Waals surface area contributed by atoms with Gasteiger partial charge in [0.05, 0.1) is 17.5 Å². The molecule has 6 heteroatoms. The SMILES string of the molecule is C=CCSCOC(=Cn1ccnc1)c1ccc(Cl)cc1Cl. The van der Waals surface area contributed by atoms with E-state index in [0.29, 0.717) is 21.7 Å². The Morgan fingerprint density at radius 3 is 2.95 bits per heavy atom. The maximum atomic E-state index is 6.25. The second kappa shape index (κ2) is 8.17. The fourth-order valence-corrected chi connectivity index (χ4v) is 2.57. The maximum absolute atomic E-state index is 6.25. The standard InChI is InChI=1S/C15H14Cl2N2OS/c1-2-7-21-11-20-15(9-19-6-5-18-10-19)13-4-3-12(16)8-14(13)17/h2-6,8-10H,1,7,11H2. The van der Waals surface area contributed by atoms with Gasteiger partial charge in [0.2, 0.25) is 0 Å². The van der Waals surface area contributed by atoms with Gasteiger partial charge in [-0.1, -0.05) is 29.3 Å². The zero-order valence-corrected chi connectivity index (χ0v) is 13.5. The maximum Gasteiger partial charge on any atom is 0.145 e. The minimum atomic E-state index is 0.505. The van der Waals surface area contributed by atoms with Crippen LogP contribution in [0.15, 0.2) is 49.6 Å². The smallest absolute Gasteiger partial charge is 0.145 e. The quantitative estimate of drug-likeness (QED) is 0.306. The summed E-state index contributed by atoms with van der Waals surface area (Å²) in [5.74, 6) is 1.99. The lowest BCUT2D eigenvalue weighted by atomic mass is 10.2. The fourth-order valence-electron chi connectivity index (χ4n) is 1.59. The number of benzene rings is 1. The number of aromatic nitrogens is 2. The highest BCUT2D eigenvalue weighted by molar-refractivity contribution is 7.99. The number of rotatable bonds is 7. The van der Waals surface area contributed by atoms with E-state index in [1.807, 2.05) is 24.5 Å². The van der Waals surface area contributed by atoms with E-state index in [-0.39, 0.29) is 0 Å². The minimum Gasteiger partial charge on any atom is -0.481 e. The molecule has 0 saturated carbocycles. The Balaban J connectivity index is 2.24. The largest absolute Gasteiger partial charge is 0.481 e. The summed E-state index contributed by atoms with van der Waals surface area (Å²) in [4.78, 5) is 4.01. The van der Waals surface area contributed by atoms with Crippen LogP contribution in [-0.4, -0.2) is 21.2 Å². The number of ether oxygens (including phenoxy) is 1. The molecule has 1 aromatic heterocycles. The summed E-state index contributed by atoms with van der Waals surface area (Å²) in [7, 11) is 0. The van der Waals surface area contributed by atoms with Crippen molar-refractivity contribution in [1.82, 2.24) is 9.55 Å². The molecule has 0 aliphatic heterocycles. The molecule has 0 fully saturated rings. The van der Waals surface area contributed by atoms with Crippen molar-refractivity contribution in [2.24, 2.45) is 0 Å². The Bertz CT molecular complexity index is 627. The van der Waals surface area contributed by atoms with Gasteiger partial charge in [0.15, 0.2) is 0 Å². The first kappa shape index (κ1) is 16.0. The number of imidazole rings is 1. The minimum absolute atomic E-state index is 0.505. The van der Waals surface area contributed by atoms with E-state index >= 15 is 0 Å². The number of nitrogens with zero attached hydrogens (tertiary/aromatic N) is 2. The van der Waals surface area contributed by atoms with Crippen LogP contribution in [0.2, 0.25) is 10.0 Å². The molecule has 0 aliphatic rings. The lowest BCUT2D eigenvalue weighted by molar-refractivity contribution is 0.350. The first-order valence-electron chi connectivity index (χ1n) is 6.17. The molecular formula is C15H14Cl2N2OS. The molecule has 0 saturated heterocycles. The Morgan fingerprint density at radius 2 is 2.29 bits per heavy atom. The van der Waals surface area contributed by atoms with Crippen LogP contribution in [0.1, 0.15) is 5.56 Å². The third-order valence-corrected chi connectivity index (χ3v) is 3.82. The van der Waals surface area contributed by atoms with Crippen molar-refractivity contribution in [2.75, 3.05) is 11.7 Å². The van der Waals surface area contributed by atoms with Crippen molar-refractivity contribution in [3.63, 3.8) is 0 Å². The summed E-state index contributed by atoms with van der Waals surface area (Å²) in [6.45, 7) is 3.68. The Labute approximate surface area is 138 Å². The number of thioether (sulfide) groups is 1. The third-order valence-electron chi connectivity index (χ3n) is 2.52. The molecule has 2 aromatic rings. The monoisotopic (exact) mass is 340 g/mol.